The van der Waals surface area contributed by atoms with E-state index in [2.05, 4.69) is 0 Å². The lowest BCUT2D eigenvalue weighted by Crippen LogP contribution is -2.48. The average molecular weight is 235 g/mol. The molecule has 1 fully saturated rings. The Bertz CT molecular complexity index is 325. The predicted octanol–water partition coefficient (Wildman–Crippen LogP) is 0.364. The monoisotopic (exact) mass is 235 g/mol. The van der Waals surface area contributed by atoms with E-state index in [1.54, 1.807) is 6.92 Å². The van der Waals surface area contributed by atoms with Crippen LogP contribution in [0.1, 0.15) is 26.2 Å². The Morgan fingerprint density at radius 3 is 2.67 bits per heavy atom. The first-order chi connectivity index (χ1) is 6.96. The zero-order chi connectivity index (χ0) is 11.5. The van der Waals surface area contributed by atoms with E-state index >= 15 is 0 Å². The molecule has 1 atom stereocenters. The molecule has 0 saturated carbocycles. The van der Waals surface area contributed by atoms with Crippen molar-refractivity contribution in [2.24, 2.45) is 0 Å². The van der Waals surface area contributed by atoms with Gasteiger partial charge in [0.1, 0.15) is 6.04 Å². The second-order valence-electron chi connectivity index (χ2n) is 3.64. The fourth-order valence-corrected chi connectivity index (χ4v) is 2.89. The molecule has 1 heterocycles. The SMILES string of the molecule is CCOC(=O)C1CCCCN1S(C)(=O)=O. The fourth-order valence-electron chi connectivity index (χ4n) is 1.78. The number of nitrogens with zero attached hydrogens (tertiary/aromatic N) is 1. The first kappa shape index (κ1) is 12.4. The Balaban J connectivity index is 2.79. The summed E-state index contributed by atoms with van der Waals surface area (Å²) in [6, 6.07) is -0.617. The Hall–Kier alpha value is -0.620. The Kier molecular flexibility index (Phi) is 4.10. The molecule has 1 rings (SSSR count). The summed E-state index contributed by atoms with van der Waals surface area (Å²) in [4.78, 5) is 11.5. The maximum absolute atomic E-state index is 11.5. The number of hydrogen-bond donors (Lipinski definition) is 0. The Morgan fingerprint density at radius 2 is 2.13 bits per heavy atom. The van der Waals surface area contributed by atoms with Crippen LogP contribution in [0, 0.1) is 0 Å². The van der Waals surface area contributed by atoms with Crippen LogP contribution < -0.4 is 0 Å². The van der Waals surface area contributed by atoms with Crippen LogP contribution in [-0.2, 0) is 19.6 Å². The molecule has 0 aromatic heterocycles. The smallest absolute Gasteiger partial charge is 0.324 e. The standard InChI is InChI=1S/C9H17NO4S/c1-3-14-9(11)8-6-4-5-7-10(8)15(2,12)13/h8H,3-7H2,1-2H3. The van der Waals surface area contributed by atoms with Gasteiger partial charge in [0, 0.05) is 6.54 Å². The van der Waals surface area contributed by atoms with Gasteiger partial charge in [0.15, 0.2) is 0 Å². The first-order valence-electron chi connectivity index (χ1n) is 5.10. The number of rotatable bonds is 3. The highest BCUT2D eigenvalue weighted by atomic mass is 32.2. The van der Waals surface area contributed by atoms with Crippen LogP contribution in [0.25, 0.3) is 0 Å². The molecule has 1 unspecified atom stereocenters. The van der Waals surface area contributed by atoms with Gasteiger partial charge in [0.05, 0.1) is 12.9 Å². The Labute approximate surface area is 90.4 Å². The molecule has 1 saturated heterocycles. The van der Waals surface area contributed by atoms with Crippen molar-refractivity contribution in [3.63, 3.8) is 0 Å². The maximum atomic E-state index is 11.5. The molecule has 0 radical (unpaired) electrons. The molecule has 88 valence electrons. The third-order valence-electron chi connectivity index (χ3n) is 2.44. The van der Waals surface area contributed by atoms with Gasteiger partial charge in [-0.1, -0.05) is 0 Å². The van der Waals surface area contributed by atoms with E-state index in [0.29, 0.717) is 13.0 Å². The minimum Gasteiger partial charge on any atom is -0.465 e. The summed E-state index contributed by atoms with van der Waals surface area (Å²) >= 11 is 0. The molecule has 0 amide bonds. The normalized spacial score (nSPS) is 23.7. The summed E-state index contributed by atoms with van der Waals surface area (Å²) < 4.78 is 29.0. The lowest BCUT2D eigenvalue weighted by atomic mass is 10.1. The molecule has 5 nitrogen and oxygen atoms in total. The van der Waals surface area contributed by atoms with E-state index in [0.717, 1.165) is 19.1 Å². The fraction of sp³-hybridized carbons (Fsp3) is 0.889. The van der Waals surface area contributed by atoms with E-state index in [4.69, 9.17) is 4.74 Å². The molecule has 0 aromatic rings. The van der Waals surface area contributed by atoms with Crippen LogP contribution in [0.4, 0.5) is 0 Å². The van der Waals surface area contributed by atoms with Gasteiger partial charge in [0.25, 0.3) is 0 Å². The van der Waals surface area contributed by atoms with Crippen LogP contribution in [0.2, 0.25) is 0 Å². The van der Waals surface area contributed by atoms with Gasteiger partial charge in [-0.3, -0.25) is 4.79 Å². The van der Waals surface area contributed by atoms with E-state index in [9.17, 15) is 13.2 Å². The summed E-state index contributed by atoms with van der Waals surface area (Å²) in [6.07, 6.45) is 3.37. The maximum Gasteiger partial charge on any atom is 0.324 e. The van der Waals surface area contributed by atoms with Crippen LogP contribution in [0.3, 0.4) is 0 Å². The van der Waals surface area contributed by atoms with Crippen LogP contribution in [-0.4, -0.2) is 44.1 Å². The van der Waals surface area contributed by atoms with Gasteiger partial charge in [-0.25, -0.2) is 8.42 Å². The molecule has 1 aliphatic heterocycles. The second-order valence-corrected chi connectivity index (χ2v) is 5.57. The summed E-state index contributed by atoms with van der Waals surface area (Å²) in [5.41, 5.74) is 0. The van der Waals surface area contributed by atoms with Crippen molar-refractivity contribution in [3.8, 4) is 0 Å². The molecule has 6 heteroatoms. The van der Waals surface area contributed by atoms with Crippen molar-refractivity contribution < 1.29 is 17.9 Å². The molecule has 0 aliphatic carbocycles. The summed E-state index contributed by atoms with van der Waals surface area (Å²) in [5, 5.41) is 0. The number of sulfonamides is 1. The van der Waals surface area contributed by atoms with Gasteiger partial charge >= 0.3 is 5.97 Å². The highest BCUT2D eigenvalue weighted by molar-refractivity contribution is 7.88. The number of ether oxygens (including phenoxy) is 1. The van der Waals surface area contributed by atoms with E-state index in [1.807, 2.05) is 0 Å². The highest BCUT2D eigenvalue weighted by Crippen LogP contribution is 2.20. The minimum absolute atomic E-state index is 0.285. The second kappa shape index (κ2) is 4.94. The first-order valence-corrected chi connectivity index (χ1v) is 6.95. The number of carbonyl (C=O) groups is 1. The van der Waals surface area contributed by atoms with Crippen LogP contribution >= 0.6 is 0 Å². The number of carbonyl (C=O) groups excluding carboxylic acids is 1. The molecule has 0 aromatic carbocycles. The lowest BCUT2D eigenvalue weighted by Gasteiger charge is -2.31. The number of piperidine rings is 1. The van der Waals surface area contributed by atoms with Gasteiger partial charge in [-0.2, -0.15) is 4.31 Å². The largest absolute Gasteiger partial charge is 0.465 e. The van der Waals surface area contributed by atoms with Gasteiger partial charge in [-0.15, -0.1) is 0 Å². The van der Waals surface area contributed by atoms with Crippen molar-refractivity contribution in [1.82, 2.24) is 4.31 Å². The highest BCUT2D eigenvalue weighted by Gasteiger charge is 2.35. The van der Waals surface area contributed by atoms with Crippen LogP contribution in [0.15, 0.2) is 0 Å². The predicted molar refractivity (Wildman–Crippen MR) is 55.8 cm³/mol. The number of hydrogen-bond acceptors (Lipinski definition) is 4. The third kappa shape index (κ3) is 3.17. The van der Waals surface area contributed by atoms with Crippen molar-refractivity contribution in [2.45, 2.75) is 32.2 Å². The third-order valence-corrected chi connectivity index (χ3v) is 3.73. The molecular formula is C9H17NO4S. The molecule has 1 aliphatic rings. The summed E-state index contributed by atoms with van der Waals surface area (Å²) in [7, 11) is -3.31. The van der Waals surface area contributed by atoms with E-state index in [1.165, 1.54) is 4.31 Å². The molecule has 0 N–H and O–H groups in total. The van der Waals surface area contributed by atoms with E-state index in [-0.39, 0.29) is 6.61 Å². The van der Waals surface area contributed by atoms with Crippen molar-refractivity contribution in [1.29, 1.82) is 0 Å². The van der Waals surface area contributed by atoms with Crippen LogP contribution in [0.5, 0.6) is 0 Å². The average Bonchev–Trinajstić information content (AvgIpc) is 2.17. The van der Waals surface area contributed by atoms with Gasteiger partial charge in [0.2, 0.25) is 10.0 Å². The van der Waals surface area contributed by atoms with Gasteiger partial charge < -0.3 is 4.74 Å². The summed E-state index contributed by atoms with van der Waals surface area (Å²) in [6.45, 7) is 2.42. The minimum atomic E-state index is -3.31. The topological polar surface area (TPSA) is 63.7 Å². The molecule has 15 heavy (non-hydrogen) atoms. The zero-order valence-corrected chi connectivity index (χ0v) is 9.92. The lowest BCUT2D eigenvalue weighted by molar-refractivity contribution is -0.148. The van der Waals surface area contributed by atoms with E-state index < -0.39 is 22.0 Å². The van der Waals surface area contributed by atoms with Gasteiger partial charge in [-0.05, 0) is 26.2 Å². The van der Waals surface area contributed by atoms with Crippen molar-refractivity contribution in [2.75, 3.05) is 19.4 Å². The molecular weight excluding hydrogens is 218 g/mol. The number of esters is 1. The molecule has 0 spiro atoms. The molecule has 0 bridgehead atoms. The summed E-state index contributed by atoms with van der Waals surface area (Å²) in [5.74, 6) is -0.428. The zero-order valence-electron chi connectivity index (χ0n) is 9.10. The quantitative estimate of drug-likeness (QED) is 0.663. The Morgan fingerprint density at radius 1 is 1.47 bits per heavy atom. The van der Waals surface area contributed by atoms with Crippen molar-refractivity contribution in [3.05, 3.63) is 0 Å². The van der Waals surface area contributed by atoms with Crippen molar-refractivity contribution >= 4 is 16.0 Å².